The number of benzene rings is 1. The minimum atomic E-state index is -0.534. The van der Waals surface area contributed by atoms with E-state index in [9.17, 15) is 9.90 Å². The van der Waals surface area contributed by atoms with E-state index >= 15 is 0 Å². The molecule has 0 radical (unpaired) electrons. The van der Waals surface area contributed by atoms with Crippen molar-refractivity contribution in [2.24, 2.45) is 0 Å². The van der Waals surface area contributed by atoms with Crippen LogP contribution in [0, 0.1) is 0 Å². The molecule has 1 rings (SSSR count). The summed E-state index contributed by atoms with van der Waals surface area (Å²) in [5.74, 6) is 0. The number of aliphatic hydroxyl groups is 1. The third kappa shape index (κ3) is 6.07. The third-order valence-corrected chi connectivity index (χ3v) is 2.89. The van der Waals surface area contributed by atoms with Crippen molar-refractivity contribution in [3.05, 3.63) is 28.2 Å². The first-order valence-electron chi connectivity index (χ1n) is 6.14. The number of rotatable bonds is 3. The molecule has 0 heterocycles. The molecule has 0 spiro atoms. The summed E-state index contributed by atoms with van der Waals surface area (Å²) >= 11 is 3.37. The molecule has 0 aromatic heterocycles. The van der Waals surface area contributed by atoms with E-state index in [-0.39, 0.29) is 0 Å². The number of nitrogens with one attached hydrogen (secondary N) is 1. The van der Waals surface area contributed by atoms with E-state index < -0.39 is 17.8 Å². The summed E-state index contributed by atoms with van der Waals surface area (Å²) in [6.07, 6.45) is -0.381. The van der Waals surface area contributed by atoms with Crippen LogP contribution in [0.1, 0.15) is 33.3 Å². The SMILES string of the molecule is C[C@H](O)Cc1ccc(Br)c(NC(=O)OC(C)(C)C)c1. The highest BCUT2D eigenvalue weighted by molar-refractivity contribution is 9.10. The smallest absolute Gasteiger partial charge is 0.412 e. The van der Waals surface area contributed by atoms with Gasteiger partial charge in [0.1, 0.15) is 5.60 Å². The number of aliphatic hydroxyl groups excluding tert-OH is 1. The van der Waals surface area contributed by atoms with Crippen LogP contribution < -0.4 is 5.32 Å². The second-order valence-electron chi connectivity index (χ2n) is 5.49. The molecule has 106 valence electrons. The molecule has 0 aliphatic rings. The van der Waals surface area contributed by atoms with Gasteiger partial charge >= 0.3 is 6.09 Å². The Morgan fingerprint density at radius 3 is 2.63 bits per heavy atom. The standard InChI is InChI=1S/C14H20BrNO3/c1-9(17)7-10-5-6-11(15)12(8-10)16-13(18)19-14(2,3)4/h5-6,8-9,17H,7H2,1-4H3,(H,16,18)/t9-/m0/s1. The first-order chi connectivity index (χ1) is 8.67. The fourth-order valence-corrected chi connectivity index (χ4v) is 1.90. The molecule has 2 N–H and O–H groups in total. The van der Waals surface area contributed by atoms with E-state index in [2.05, 4.69) is 21.2 Å². The van der Waals surface area contributed by atoms with E-state index in [4.69, 9.17) is 4.74 Å². The van der Waals surface area contributed by atoms with Gasteiger partial charge in [0, 0.05) is 4.47 Å². The predicted octanol–water partition coefficient (Wildman–Crippen LogP) is 3.72. The van der Waals surface area contributed by atoms with Gasteiger partial charge < -0.3 is 9.84 Å². The quantitative estimate of drug-likeness (QED) is 0.888. The van der Waals surface area contributed by atoms with Crippen molar-refractivity contribution in [2.75, 3.05) is 5.32 Å². The summed E-state index contributed by atoms with van der Waals surface area (Å²) in [5, 5.41) is 12.1. The molecular weight excluding hydrogens is 310 g/mol. The summed E-state index contributed by atoms with van der Waals surface area (Å²) in [4.78, 5) is 11.7. The van der Waals surface area contributed by atoms with Crippen LogP contribution in [-0.4, -0.2) is 22.9 Å². The van der Waals surface area contributed by atoms with Crippen LogP contribution in [0.25, 0.3) is 0 Å². The average Bonchev–Trinajstić information content (AvgIpc) is 2.19. The van der Waals surface area contributed by atoms with E-state index in [1.54, 1.807) is 6.92 Å². The van der Waals surface area contributed by atoms with Crippen molar-refractivity contribution < 1.29 is 14.6 Å². The number of carbonyl (C=O) groups is 1. The predicted molar refractivity (Wildman–Crippen MR) is 79.4 cm³/mol. The highest BCUT2D eigenvalue weighted by Crippen LogP contribution is 2.25. The van der Waals surface area contributed by atoms with Gasteiger partial charge in [-0.2, -0.15) is 0 Å². The molecule has 5 heteroatoms. The number of amides is 1. The Balaban J connectivity index is 2.79. The molecule has 1 atom stereocenters. The number of hydrogen-bond acceptors (Lipinski definition) is 3. The van der Waals surface area contributed by atoms with Gasteiger partial charge in [-0.1, -0.05) is 6.07 Å². The summed E-state index contributed by atoms with van der Waals surface area (Å²) in [7, 11) is 0. The van der Waals surface area contributed by atoms with Crippen LogP contribution in [0.2, 0.25) is 0 Å². The highest BCUT2D eigenvalue weighted by Gasteiger charge is 2.17. The maximum atomic E-state index is 11.7. The van der Waals surface area contributed by atoms with E-state index in [0.717, 1.165) is 10.0 Å². The Labute approximate surface area is 122 Å². The lowest BCUT2D eigenvalue weighted by Crippen LogP contribution is -2.27. The molecule has 0 fully saturated rings. The van der Waals surface area contributed by atoms with Crippen molar-refractivity contribution in [2.45, 2.75) is 45.8 Å². The highest BCUT2D eigenvalue weighted by atomic mass is 79.9. The van der Waals surface area contributed by atoms with E-state index in [0.29, 0.717) is 12.1 Å². The second kappa shape index (κ2) is 6.39. The molecule has 0 aliphatic heterocycles. The largest absolute Gasteiger partial charge is 0.444 e. The topological polar surface area (TPSA) is 58.6 Å². The Morgan fingerprint density at radius 1 is 1.47 bits per heavy atom. The molecule has 0 saturated carbocycles. The summed E-state index contributed by atoms with van der Waals surface area (Å²) in [5.41, 5.74) is 1.05. The molecule has 1 aromatic carbocycles. The Kier molecular flexibility index (Phi) is 5.38. The maximum Gasteiger partial charge on any atom is 0.412 e. The lowest BCUT2D eigenvalue weighted by Gasteiger charge is -2.20. The molecular formula is C14H20BrNO3. The number of halogens is 1. The Morgan fingerprint density at radius 2 is 2.11 bits per heavy atom. The van der Waals surface area contributed by atoms with Gasteiger partial charge in [0.05, 0.1) is 11.8 Å². The minimum Gasteiger partial charge on any atom is -0.444 e. The molecule has 19 heavy (non-hydrogen) atoms. The van der Waals surface area contributed by atoms with Gasteiger partial charge in [-0.15, -0.1) is 0 Å². The van der Waals surface area contributed by atoms with Crippen LogP contribution >= 0.6 is 15.9 Å². The van der Waals surface area contributed by atoms with Gasteiger partial charge in [0.15, 0.2) is 0 Å². The molecule has 0 bridgehead atoms. The van der Waals surface area contributed by atoms with E-state index in [1.807, 2.05) is 39.0 Å². The zero-order chi connectivity index (χ0) is 14.6. The van der Waals surface area contributed by atoms with Crippen molar-refractivity contribution in [3.63, 3.8) is 0 Å². The number of anilines is 1. The summed E-state index contributed by atoms with van der Waals surface area (Å²) < 4.78 is 5.97. The van der Waals surface area contributed by atoms with Gasteiger partial charge in [-0.25, -0.2) is 4.79 Å². The summed E-state index contributed by atoms with van der Waals surface area (Å²) in [6.45, 7) is 7.16. The molecule has 0 aliphatic carbocycles. The van der Waals surface area contributed by atoms with Crippen LogP contribution in [-0.2, 0) is 11.2 Å². The first-order valence-corrected chi connectivity index (χ1v) is 6.93. The number of ether oxygens (including phenoxy) is 1. The van der Waals surface area contributed by atoms with E-state index in [1.165, 1.54) is 0 Å². The lowest BCUT2D eigenvalue weighted by atomic mass is 10.1. The van der Waals surface area contributed by atoms with Gasteiger partial charge in [0.2, 0.25) is 0 Å². The molecule has 4 nitrogen and oxygen atoms in total. The average molecular weight is 330 g/mol. The van der Waals surface area contributed by atoms with Crippen molar-refractivity contribution in [1.82, 2.24) is 0 Å². The van der Waals surface area contributed by atoms with Gasteiger partial charge in [-0.05, 0) is 67.7 Å². The normalized spacial score (nSPS) is 12.9. The van der Waals surface area contributed by atoms with Crippen molar-refractivity contribution in [3.8, 4) is 0 Å². The van der Waals surface area contributed by atoms with Crippen molar-refractivity contribution in [1.29, 1.82) is 0 Å². The van der Waals surface area contributed by atoms with Crippen LogP contribution in [0.4, 0.5) is 10.5 Å². The van der Waals surface area contributed by atoms with Crippen LogP contribution in [0.3, 0.4) is 0 Å². The zero-order valence-electron chi connectivity index (χ0n) is 11.7. The molecule has 0 saturated heterocycles. The van der Waals surface area contributed by atoms with Crippen LogP contribution in [0.15, 0.2) is 22.7 Å². The molecule has 1 aromatic rings. The molecule has 0 unspecified atom stereocenters. The zero-order valence-corrected chi connectivity index (χ0v) is 13.2. The first kappa shape index (κ1) is 16.0. The van der Waals surface area contributed by atoms with Gasteiger partial charge in [-0.3, -0.25) is 5.32 Å². The fraction of sp³-hybridized carbons (Fsp3) is 0.500. The monoisotopic (exact) mass is 329 g/mol. The number of carbonyl (C=O) groups excluding carboxylic acids is 1. The Hall–Kier alpha value is -1.07. The third-order valence-electron chi connectivity index (χ3n) is 2.20. The van der Waals surface area contributed by atoms with Crippen LogP contribution in [0.5, 0.6) is 0 Å². The minimum absolute atomic E-state index is 0.421. The molecule has 1 amide bonds. The van der Waals surface area contributed by atoms with Gasteiger partial charge in [0.25, 0.3) is 0 Å². The van der Waals surface area contributed by atoms with Crippen molar-refractivity contribution >= 4 is 27.7 Å². The number of hydrogen-bond donors (Lipinski definition) is 2. The lowest BCUT2D eigenvalue weighted by molar-refractivity contribution is 0.0636. The summed E-state index contributed by atoms with van der Waals surface area (Å²) in [6, 6.07) is 5.56. The maximum absolute atomic E-state index is 11.7. The fourth-order valence-electron chi connectivity index (χ4n) is 1.55. The second-order valence-corrected chi connectivity index (χ2v) is 6.35. The Bertz CT molecular complexity index is 452.